The van der Waals surface area contributed by atoms with E-state index in [2.05, 4.69) is 5.32 Å². The van der Waals surface area contributed by atoms with Gasteiger partial charge in [0.1, 0.15) is 37.6 Å². The second-order valence-corrected chi connectivity index (χ2v) is 9.54. The van der Waals surface area contributed by atoms with Crippen molar-refractivity contribution in [3.8, 4) is 5.75 Å². The van der Waals surface area contributed by atoms with Crippen LogP contribution in [0.3, 0.4) is 0 Å². The summed E-state index contributed by atoms with van der Waals surface area (Å²) in [5, 5.41) is 12.6. The van der Waals surface area contributed by atoms with E-state index < -0.39 is 36.5 Å². The summed E-state index contributed by atoms with van der Waals surface area (Å²) in [6.45, 7) is -0.368. The van der Waals surface area contributed by atoms with E-state index in [4.69, 9.17) is 9.47 Å². The fourth-order valence-electron chi connectivity index (χ4n) is 4.99. The average molecular weight is 495 g/mol. The van der Waals surface area contributed by atoms with Crippen molar-refractivity contribution >= 4 is 23.5 Å². The fourth-order valence-corrected chi connectivity index (χ4v) is 4.99. The fraction of sp³-hybridized carbons (Fsp3) is 0.464. The maximum absolute atomic E-state index is 13.5. The van der Waals surface area contributed by atoms with E-state index in [1.165, 1.54) is 24.2 Å². The van der Waals surface area contributed by atoms with Crippen LogP contribution >= 0.6 is 0 Å². The minimum Gasteiger partial charge on any atom is -0.489 e. The summed E-state index contributed by atoms with van der Waals surface area (Å²) >= 11 is 0. The van der Waals surface area contributed by atoms with Crippen LogP contribution < -0.4 is 15.0 Å². The molecule has 1 aliphatic carbocycles. The van der Waals surface area contributed by atoms with Gasteiger partial charge in [-0.1, -0.05) is 74.6 Å². The number of carboxylic acid groups (broad SMARTS) is 1. The number of fused-ring (bicyclic) bond motifs is 1. The number of amides is 1. The van der Waals surface area contributed by atoms with Gasteiger partial charge in [-0.25, -0.2) is 0 Å². The molecule has 0 aromatic heterocycles. The van der Waals surface area contributed by atoms with Crippen molar-refractivity contribution in [1.82, 2.24) is 5.32 Å². The molecule has 192 valence electrons. The van der Waals surface area contributed by atoms with Gasteiger partial charge in [-0.05, 0) is 36.5 Å². The Kier molecular flexibility index (Phi) is 8.95. The Hall–Kier alpha value is -3.39. The largest absolute Gasteiger partial charge is 0.489 e. The zero-order valence-corrected chi connectivity index (χ0v) is 20.4. The summed E-state index contributed by atoms with van der Waals surface area (Å²) in [4.78, 5) is 39.4. The molecule has 1 amide bonds. The second-order valence-electron chi connectivity index (χ2n) is 9.54. The van der Waals surface area contributed by atoms with Gasteiger partial charge in [0.15, 0.2) is 0 Å². The zero-order valence-electron chi connectivity index (χ0n) is 20.4. The summed E-state index contributed by atoms with van der Waals surface area (Å²) in [5.41, 5.74) is 1.29. The van der Waals surface area contributed by atoms with Crippen LogP contribution in [0.2, 0.25) is 0 Å². The highest BCUT2D eigenvalue weighted by Crippen LogP contribution is 2.31. The van der Waals surface area contributed by atoms with Crippen molar-refractivity contribution in [3.63, 3.8) is 0 Å². The molecule has 8 nitrogen and oxygen atoms in total. The highest BCUT2D eigenvalue weighted by Gasteiger charge is 2.36. The SMILES string of the molecule is O=C(O)CN1C(=O)[C@@H](NC(CCC2CCCCC2)C(=O)OCc2ccccc2)COc2ccccc21. The molecule has 1 fully saturated rings. The highest BCUT2D eigenvalue weighted by atomic mass is 16.5. The molecule has 2 aromatic rings. The van der Waals surface area contributed by atoms with E-state index in [0.29, 0.717) is 23.8 Å². The predicted octanol–water partition coefficient (Wildman–Crippen LogP) is 3.93. The molecule has 2 atom stereocenters. The van der Waals surface area contributed by atoms with Crippen molar-refractivity contribution in [3.05, 3.63) is 60.2 Å². The number of rotatable bonds is 10. The molecule has 1 heterocycles. The monoisotopic (exact) mass is 494 g/mol. The first-order valence-electron chi connectivity index (χ1n) is 12.7. The van der Waals surface area contributed by atoms with Crippen LogP contribution in [0, 0.1) is 5.92 Å². The van der Waals surface area contributed by atoms with Gasteiger partial charge in [-0.2, -0.15) is 0 Å². The molecule has 8 heteroatoms. The zero-order chi connectivity index (χ0) is 25.3. The van der Waals surface area contributed by atoms with E-state index in [1.54, 1.807) is 24.3 Å². The number of ether oxygens (including phenoxy) is 2. The number of nitrogens with zero attached hydrogens (tertiary/aromatic N) is 1. The quantitative estimate of drug-likeness (QED) is 0.482. The molecular formula is C28H34N2O6. The molecule has 2 aromatic carbocycles. The summed E-state index contributed by atoms with van der Waals surface area (Å²) in [6.07, 6.45) is 7.37. The van der Waals surface area contributed by atoms with Gasteiger partial charge in [0, 0.05) is 0 Å². The maximum Gasteiger partial charge on any atom is 0.323 e. The number of carbonyl (C=O) groups is 3. The lowest BCUT2D eigenvalue weighted by Crippen LogP contribution is -2.54. The van der Waals surface area contributed by atoms with Crippen LogP contribution in [-0.4, -0.2) is 48.2 Å². The molecule has 1 unspecified atom stereocenters. The Bertz CT molecular complexity index is 1040. The van der Waals surface area contributed by atoms with Crippen molar-refractivity contribution in [2.45, 2.75) is 63.6 Å². The Morgan fingerprint density at radius 2 is 1.78 bits per heavy atom. The molecule has 2 aliphatic rings. The number of carbonyl (C=O) groups excluding carboxylic acids is 2. The van der Waals surface area contributed by atoms with Gasteiger partial charge in [-0.15, -0.1) is 0 Å². The smallest absolute Gasteiger partial charge is 0.323 e. The summed E-state index contributed by atoms with van der Waals surface area (Å²) in [7, 11) is 0. The molecule has 2 N–H and O–H groups in total. The molecule has 1 aliphatic heterocycles. The number of benzene rings is 2. The Morgan fingerprint density at radius 3 is 2.53 bits per heavy atom. The lowest BCUT2D eigenvalue weighted by molar-refractivity contribution is -0.148. The van der Waals surface area contributed by atoms with Crippen LogP contribution in [0.5, 0.6) is 5.75 Å². The van der Waals surface area contributed by atoms with Gasteiger partial charge in [0.05, 0.1) is 5.69 Å². The topological polar surface area (TPSA) is 105 Å². The maximum atomic E-state index is 13.5. The Balaban J connectivity index is 1.49. The molecule has 36 heavy (non-hydrogen) atoms. The predicted molar refractivity (Wildman–Crippen MR) is 135 cm³/mol. The third kappa shape index (κ3) is 6.85. The number of anilines is 1. The first-order valence-corrected chi connectivity index (χ1v) is 12.7. The van der Waals surface area contributed by atoms with Crippen LogP contribution in [-0.2, 0) is 25.7 Å². The van der Waals surface area contributed by atoms with Gasteiger partial charge in [0.2, 0.25) is 5.91 Å². The molecule has 0 saturated heterocycles. The van der Waals surface area contributed by atoms with Gasteiger partial charge in [-0.3, -0.25) is 24.6 Å². The number of hydrogen-bond acceptors (Lipinski definition) is 6. The normalized spacial score (nSPS) is 19.1. The number of carboxylic acids is 1. The number of para-hydroxylation sites is 2. The van der Waals surface area contributed by atoms with E-state index in [-0.39, 0.29) is 13.2 Å². The van der Waals surface area contributed by atoms with E-state index >= 15 is 0 Å². The number of hydrogen-bond donors (Lipinski definition) is 2. The molecule has 0 radical (unpaired) electrons. The summed E-state index contributed by atoms with van der Waals surface area (Å²) in [5.74, 6) is -1.01. The molecule has 0 spiro atoms. The van der Waals surface area contributed by atoms with Crippen molar-refractivity contribution in [2.24, 2.45) is 5.92 Å². The van der Waals surface area contributed by atoms with Crippen molar-refractivity contribution in [2.75, 3.05) is 18.1 Å². The third-order valence-corrected chi connectivity index (χ3v) is 6.92. The van der Waals surface area contributed by atoms with Crippen molar-refractivity contribution < 1.29 is 29.0 Å². The lowest BCUT2D eigenvalue weighted by atomic mass is 9.85. The second kappa shape index (κ2) is 12.5. The number of nitrogens with one attached hydrogen (secondary N) is 1. The first-order chi connectivity index (χ1) is 17.5. The third-order valence-electron chi connectivity index (χ3n) is 6.92. The minimum atomic E-state index is -1.13. The Morgan fingerprint density at radius 1 is 1.06 bits per heavy atom. The van der Waals surface area contributed by atoms with E-state index in [0.717, 1.165) is 24.8 Å². The van der Waals surface area contributed by atoms with E-state index in [1.807, 2.05) is 30.3 Å². The summed E-state index contributed by atoms with van der Waals surface area (Å²) in [6, 6.07) is 14.7. The van der Waals surface area contributed by atoms with E-state index in [9.17, 15) is 19.5 Å². The van der Waals surface area contributed by atoms with Crippen LogP contribution in [0.25, 0.3) is 0 Å². The van der Waals surface area contributed by atoms with Gasteiger partial charge in [0.25, 0.3) is 0 Å². The lowest BCUT2D eigenvalue weighted by Gasteiger charge is -2.28. The number of aliphatic carboxylic acids is 1. The minimum absolute atomic E-state index is 0.0160. The molecule has 1 saturated carbocycles. The van der Waals surface area contributed by atoms with Gasteiger partial charge >= 0.3 is 11.9 Å². The summed E-state index contributed by atoms with van der Waals surface area (Å²) < 4.78 is 11.5. The van der Waals surface area contributed by atoms with Gasteiger partial charge < -0.3 is 14.6 Å². The molecule has 4 rings (SSSR count). The number of esters is 1. The van der Waals surface area contributed by atoms with Crippen molar-refractivity contribution in [1.29, 1.82) is 0 Å². The average Bonchev–Trinajstić information content (AvgIpc) is 3.02. The molecule has 0 bridgehead atoms. The van der Waals surface area contributed by atoms with Crippen LogP contribution in [0.4, 0.5) is 5.69 Å². The van der Waals surface area contributed by atoms with Crippen LogP contribution in [0.1, 0.15) is 50.5 Å². The Labute approximate surface area is 211 Å². The molecular weight excluding hydrogens is 460 g/mol. The highest BCUT2D eigenvalue weighted by molar-refractivity contribution is 6.02. The first kappa shape index (κ1) is 25.7. The van der Waals surface area contributed by atoms with Crippen LogP contribution in [0.15, 0.2) is 54.6 Å². The standard InChI is InChI=1S/C28H34N2O6/c31-26(32)17-30-24-13-7-8-14-25(24)35-19-23(27(30)33)29-22(16-15-20-9-3-1-4-10-20)28(34)36-18-21-11-5-2-6-12-21/h2,5-8,11-14,20,22-23,29H,1,3-4,9-10,15-19H2,(H,31,32)/t22?,23-/m0/s1.